The molecule has 0 rings (SSSR count). The number of rotatable bonds is 6. The molecule has 1 atom stereocenters. The molecule has 0 saturated carbocycles. The minimum absolute atomic E-state index is 0. The Labute approximate surface area is 184 Å². The maximum Gasteiger partial charge on any atom is 1.00 e. The van der Waals surface area contributed by atoms with E-state index in [1.807, 2.05) is 0 Å². The average Bonchev–Trinajstić information content (AvgIpc) is 2.15. The number of hydrogen-bond donors (Lipinski definition) is 4. The summed E-state index contributed by atoms with van der Waals surface area (Å²) in [5.41, 5.74) is 2.00. The molecule has 0 aliphatic rings. The van der Waals surface area contributed by atoms with Gasteiger partial charge in [0.05, 0.1) is 19.4 Å². The molecule has 0 saturated heterocycles. The Morgan fingerprint density at radius 2 is 1.45 bits per heavy atom. The van der Waals surface area contributed by atoms with E-state index in [9.17, 15) is 24.3 Å². The molecule has 12 heteroatoms. The third kappa shape index (κ3) is 11.6. The number of carbonyl (C=O) groups excluding carboxylic acids is 2. The van der Waals surface area contributed by atoms with Crippen molar-refractivity contribution in [3.8, 4) is 0 Å². The van der Waals surface area contributed by atoms with E-state index in [1.165, 1.54) is 0 Å². The standard InChI is InChI=1S/C8H11NO8.3Na.3H/c9-3-6(13)17-5(12)2-8(16,7(14)15)1-4(10)11;;;;;;/h16H,1-3,9H2,(H,10,11)(H,14,15);;;;;;/q;3*+1;3*-1. The van der Waals surface area contributed by atoms with Crippen LogP contribution in [0.5, 0.6) is 0 Å². The van der Waals surface area contributed by atoms with E-state index in [2.05, 4.69) is 4.74 Å². The third-order valence-electron chi connectivity index (χ3n) is 1.67. The summed E-state index contributed by atoms with van der Waals surface area (Å²) in [5, 5.41) is 26.4. The molecule has 0 aromatic heterocycles. The van der Waals surface area contributed by atoms with Crippen LogP contribution >= 0.6 is 0 Å². The second kappa shape index (κ2) is 13.6. The molecule has 0 bridgehead atoms. The maximum absolute atomic E-state index is 11.0. The Hall–Kier alpha value is 1.00. The Balaban J connectivity index is -0.0000000853. The van der Waals surface area contributed by atoms with Crippen LogP contribution in [0.4, 0.5) is 0 Å². The van der Waals surface area contributed by atoms with Crippen molar-refractivity contribution in [1.82, 2.24) is 0 Å². The number of carboxylic acids is 2. The van der Waals surface area contributed by atoms with Gasteiger partial charge in [0.25, 0.3) is 0 Å². The van der Waals surface area contributed by atoms with Gasteiger partial charge in [-0.3, -0.25) is 14.4 Å². The van der Waals surface area contributed by atoms with Gasteiger partial charge < -0.3 is 30.1 Å². The zero-order valence-corrected chi connectivity index (χ0v) is 17.6. The van der Waals surface area contributed by atoms with Gasteiger partial charge in [0.15, 0.2) is 5.60 Å². The Morgan fingerprint density at radius 1 is 1.00 bits per heavy atom. The van der Waals surface area contributed by atoms with Crippen molar-refractivity contribution in [2.45, 2.75) is 18.4 Å². The first kappa shape index (κ1) is 29.1. The summed E-state index contributed by atoms with van der Waals surface area (Å²) in [5.74, 6) is -6.01. The van der Waals surface area contributed by atoms with Crippen molar-refractivity contribution in [3.63, 3.8) is 0 Å². The van der Waals surface area contributed by atoms with Crippen molar-refractivity contribution >= 4 is 23.9 Å². The van der Waals surface area contributed by atoms with Crippen LogP contribution in [0.25, 0.3) is 0 Å². The SMILES string of the molecule is NCC(=O)OC(=O)CC(O)(CC(=O)O)C(=O)O.[H-].[H-].[H-].[Na+].[Na+].[Na+]. The molecule has 0 radical (unpaired) electrons. The van der Waals surface area contributed by atoms with Crippen molar-refractivity contribution in [2.75, 3.05) is 6.54 Å². The van der Waals surface area contributed by atoms with Gasteiger partial charge in [-0.15, -0.1) is 0 Å². The van der Waals surface area contributed by atoms with E-state index in [-0.39, 0.29) is 93.0 Å². The van der Waals surface area contributed by atoms with Gasteiger partial charge in [0, 0.05) is 0 Å². The number of esters is 2. The summed E-state index contributed by atoms with van der Waals surface area (Å²) < 4.78 is 4.01. The number of hydrogen-bond acceptors (Lipinski definition) is 7. The normalized spacial score (nSPS) is 11.5. The minimum Gasteiger partial charge on any atom is -1.00 e. The first-order chi connectivity index (χ1) is 7.71. The van der Waals surface area contributed by atoms with Gasteiger partial charge >= 0.3 is 113 Å². The van der Waals surface area contributed by atoms with Crippen LogP contribution in [0.15, 0.2) is 0 Å². The second-order valence-electron chi connectivity index (χ2n) is 3.13. The summed E-state index contributed by atoms with van der Waals surface area (Å²) in [6, 6.07) is 0. The Bertz CT molecular complexity index is 376. The summed E-state index contributed by atoms with van der Waals surface area (Å²) in [6.07, 6.45) is -2.37. The average molecular weight is 321 g/mol. The number of carboxylic acid groups (broad SMARTS) is 2. The molecule has 5 N–H and O–H groups in total. The molecular weight excluding hydrogens is 307 g/mol. The van der Waals surface area contributed by atoms with Crippen LogP contribution < -0.4 is 94.4 Å². The Morgan fingerprint density at radius 3 is 1.75 bits per heavy atom. The van der Waals surface area contributed by atoms with Crippen LogP contribution in [0, 0.1) is 0 Å². The molecule has 0 aliphatic heterocycles. The number of aliphatic carboxylic acids is 2. The van der Waals surface area contributed by atoms with Gasteiger partial charge in [-0.05, 0) is 0 Å². The van der Waals surface area contributed by atoms with E-state index in [0.717, 1.165) is 0 Å². The van der Waals surface area contributed by atoms with Crippen molar-refractivity contribution in [1.29, 1.82) is 0 Å². The Kier molecular flexibility index (Phi) is 19.8. The van der Waals surface area contributed by atoms with Gasteiger partial charge in [-0.1, -0.05) is 0 Å². The number of nitrogens with two attached hydrogens (primary N) is 1. The smallest absolute Gasteiger partial charge is 1.00 e. The maximum atomic E-state index is 11.0. The number of aliphatic hydroxyl groups is 1. The molecule has 0 aromatic carbocycles. The van der Waals surface area contributed by atoms with E-state index in [4.69, 9.17) is 15.9 Å². The van der Waals surface area contributed by atoms with Crippen molar-refractivity contribution < 1.29 is 132 Å². The summed E-state index contributed by atoms with van der Waals surface area (Å²) in [4.78, 5) is 42.5. The third-order valence-corrected chi connectivity index (χ3v) is 1.67. The molecule has 102 valence electrons. The molecule has 0 aromatic rings. The van der Waals surface area contributed by atoms with Gasteiger partial charge in [-0.25, -0.2) is 4.79 Å². The summed E-state index contributed by atoms with van der Waals surface area (Å²) in [6.45, 7) is -0.601. The van der Waals surface area contributed by atoms with E-state index in [0.29, 0.717) is 0 Å². The van der Waals surface area contributed by atoms with Gasteiger partial charge in [0.1, 0.15) is 0 Å². The topological polar surface area (TPSA) is 164 Å². The number of carbonyl (C=O) groups is 4. The molecule has 0 spiro atoms. The van der Waals surface area contributed by atoms with Crippen molar-refractivity contribution in [2.24, 2.45) is 5.73 Å². The quantitative estimate of drug-likeness (QED) is 0.211. The summed E-state index contributed by atoms with van der Waals surface area (Å²) in [7, 11) is 0. The zero-order valence-electron chi connectivity index (χ0n) is 14.6. The minimum atomic E-state index is -2.82. The fourth-order valence-corrected chi connectivity index (χ4v) is 0.907. The number of ether oxygens (including phenoxy) is 1. The first-order valence-corrected chi connectivity index (χ1v) is 4.32. The monoisotopic (exact) mass is 321 g/mol. The second-order valence-corrected chi connectivity index (χ2v) is 3.13. The van der Waals surface area contributed by atoms with Crippen LogP contribution in [-0.4, -0.2) is 51.3 Å². The molecule has 1 unspecified atom stereocenters. The van der Waals surface area contributed by atoms with E-state index >= 15 is 0 Å². The zero-order chi connectivity index (χ0) is 13.6. The molecule has 0 amide bonds. The predicted octanol–water partition coefficient (Wildman–Crippen LogP) is -11.0. The van der Waals surface area contributed by atoms with Crippen molar-refractivity contribution in [3.05, 3.63) is 0 Å². The fraction of sp³-hybridized carbons (Fsp3) is 0.500. The van der Waals surface area contributed by atoms with E-state index in [1.54, 1.807) is 0 Å². The largest absolute Gasteiger partial charge is 1.00 e. The van der Waals surface area contributed by atoms with Gasteiger partial charge in [-0.2, -0.15) is 0 Å². The first-order valence-electron chi connectivity index (χ1n) is 4.32. The summed E-state index contributed by atoms with van der Waals surface area (Å²) >= 11 is 0. The van der Waals surface area contributed by atoms with E-state index < -0.39 is 48.9 Å². The fourth-order valence-electron chi connectivity index (χ4n) is 0.907. The van der Waals surface area contributed by atoms with Crippen LogP contribution in [0.3, 0.4) is 0 Å². The molecule has 0 fully saturated rings. The van der Waals surface area contributed by atoms with Gasteiger partial charge in [0.2, 0.25) is 0 Å². The molecule has 9 nitrogen and oxygen atoms in total. The molecular formula is C8H14NNa3O8. The molecule has 0 heterocycles. The van der Waals surface area contributed by atoms with Crippen LogP contribution in [0.2, 0.25) is 0 Å². The molecule has 0 aliphatic carbocycles. The molecule has 20 heavy (non-hydrogen) atoms. The predicted molar refractivity (Wildman–Crippen MR) is 52.9 cm³/mol. The van der Waals surface area contributed by atoms with Crippen LogP contribution in [0.1, 0.15) is 17.1 Å². The van der Waals surface area contributed by atoms with Crippen LogP contribution in [-0.2, 0) is 23.9 Å².